The Morgan fingerprint density at radius 2 is 1.97 bits per heavy atom. The third kappa shape index (κ3) is 6.04. The van der Waals surface area contributed by atoms with Crippen LogP contribution in [0.3, 0.4) is 0 Å². The Balaban J connectivity index is 1.41. The van der Waals surface area contributed by atoms with Gasteiger partial charge in [-0.1, -0.05) is 17.7 Å². The minimum absolute atomic E-state index is 0.141. The molecular formula is C20H24ClN3O4S2. The van der Waals surface area contributed by atoms with E-state index in [0.29, 0.717) is 47.3 Å². The fourth-order valence-corrected chi connectivity index (χ4v) is 6.07. The van der Waals surface area contributed by atoms with Crippen molar-refractivity contribution in [1.29, 1.82) is 0 Å². The fraction of sp³-hybridized carbons (Fsp3) is 0.400. The Morgan fingerprint density at radius 1 is 1.20 bits per heavy atom. The van der Waals surface area contributed by atoms with Crippen molar-refractivity contribution in [3.05, 3.63) is 46.8 Å². The van der Waals surface area contributed by atoms with Gasteiger partial charge in [0.15, 0.2) is 0 Å². The van der Waals surface area contributed by atoms with E-state index in [1.54, 1.807) is 41.8 Å². The number of amides is 2. The minimum atomic E-state index is -3.54. The Morgan fingerprint density at radius 3 is 2.67 bits per heavy atom. The van der Waals surface area contributed by atoms with Crippen LogP contribution in [-0.2, 0) is 19.6 Å². The second kappa shape index (κ2) is 10.4. The molecule has 1 fully saturated rings. The van der Waals surface area contributed by atoms with Crippen molar-refractivity contribution in [3.8, 4) is 0 Å². The maximum atomic E-state index is 12.7. The molecule has 0 saturated carbocycles. The average Bonchev–Trinajstić information content (AvgIpc) is 3.29. The van der Waals surface area contributed by atoms with Crippen LogP contribution < -0.4 is 10.6 Å². The van der Waals surface area contributed by atoms with Gasteiger partial charge in [-0.2, -0.15) is 4.31 Å². The van der Waals surface area contributed by atoms with Gasteiger partial charge in [0.2, 0.25) is 11.8 Å². The smallest absolute Gasteiger partial charge is 0.252 e. The van der Waals surface area contributed by atoms with Crippen molar-refractivity contribution in [2.75, 3.05) is 25.0 Å². The lowest BCUT2D eigenvalue weighted by atomic mass is 9.99. The summed E-state index contributed by atoms with van der Waals surface area (Å²) in [6, 6.07) is 10.1. The average molecular weight is 470 g/mol. The Hall–Kier alpha value is -1.94. The standard InChI is InChI=1S/C20H24ClN3O4S2/c21-16-7-9-17(10-8-16)23-18(25)5-1-11-22-20(26)15-4-2-12-24(14-15)30(27,28)19-6-3-13-29-19/h3,6-10,13,15H,1-2,4-5,11-12,14H2,(H,22,26)(H,23,25). The van der Waals surface area contributed by atoms with Gasteiger partial charge in [0.05, 0.1) is 5.92 Å². The molecular weight excluding hydrogens is 446 g/mol. The van der Waals surface area contributed by atoms with Gasteiger partial charge in [-0.25, -0.2) is 8.42 Å². The topological polar surface area (TPSA) is 95.6 Å². The molecule has 1 aromatic heterocycles. The van der Waals surface area contributed by atoms with Gasteiger partial charge in [-0.15, -0.1) is 11.3 Å². The summed E-state index contributed by atoms with van der Waals surface area (Å²) in [5.74, 6) is -0.687. The molecule has 3 rings (SSSR count). The maximum Gasteiger partial charge on any atom is 0.252 e. The van der Waals surface area contributed by atoms with Crippen LogP contribution in [-0.4, -0.2) is 44.2 Å². The number of carbonyl (C=O) groups excluding carboxylic acids is 2. The largest absolute Gasteiger partial charge is 0.356 e. The zero-order valence-electron chi connectivity index (χ0n) is 16.3. The molecule has 2 N–H and O–H groups in total. The highest BCUT2D eigenvalue weighted by atomic mass is 35.5. The molecule has 30 heavy (non-hydrogen) atoms. The molecule has 1 saturated heterocycles. The zero-order valence-corrected chi connectivity index (χ0v) is 18.7. The predicted molar refractivity (Wildman–Crippen MR) is 118 cm³/mol. The second-order valence-electron chi connectivity index (χ2n) is 7.08. The lowest BCUT2D eigenvalue weighted by molar-refractivity contribution is -0.126. The van der Waals surface area contributed by atoms with E-state index in [2.05, 4.69) is 10.6 Å². The fourth-order valence-electron chi connectivity index (χ4n) is 3.27. The molecule has 2 amide bonds. The van der Waals surface area contributed by atoms with E-state index in [4.69, 9.17) is 11.6 Å². The van der Waals surface area contributed by atoms with E-state index in [9.17, 15) is 18.0 Å². The summed E-state index contributed by atoms with van der Waals surface area (Å²) >= 11 is 6.99. The Kier molecular flexibility index (Phi) is 7.87. The van der Waals surface area contributed by atoms with Crippen molar-refractivity contribution >= 4 is 50.5 Å². The number of nitrogens with zero attached hydrogens (tertiary/aromatic N) is 1. The first kappa shape index (κ1) is 22.7. The lowest BCUT2D eigenvalue weighted by Crippen LogP contribution is -2.45. The van der Waals surface area contributed by atoms with Crippen LogP contribution in [0.15, 0.2) is 46.0 Å². The minimum Gasteiger partial charge on any atom is -0.356 e. The highest BCUT2D eigenvalue weighted by Crippen LogP contribution is 2.26. The molecule has 2 aromatic rings. The highest BCUT2D eigenvalue weighted by Gasteiger charge is 2.33. The highest BCUT2D eigenvalue weighted by molar-refractivity contribution is 7.91. The molecule has 1 aliphatic rings. The number of halogens is 1. The number of rotatable bonds is 8. The molecule has 162 valence electrons. The molecule has 10 heteroatoms. The Bertz CT molecular complexity index is 962. The van der Waals surface area contributed by atoms with E-state index in [0.717, 1.165) is 0 Å². The molecule has 0 radical (unpaired) electrons. The number of sulfonamides is 1. The summed E-state index contributed by atoms with van der Waals surface area (Å²) in [5, 5.41) is 7.93. The maximum absolute atomic E-state index is 12.7. The number of thiophene rings is 1. The summed E-state index contributed by atoms with van der Waals surface area (Å²) in [5.41, 5.74) is 0.669. The van der Waals surface area contributed by atoms with E-state index in [-0.39, 0.29) is 30.7 Å². The van der Waals surface area contributed by atoms with Gasteiger partial charge in [0.25, 0.3) is 10.0 Å². The quantitative estimate of drug-likeness (QED) is 0.579. The van der Waals surface area contributed by atoms with E-state index in [1.807, 2.05) is 0 Å². The van der Waals surface area contributed by atoms with Crippen LogP contribution >= 0.6 is 22.9 Å². The van der Waals surface area contributed by atoms with Crippen LogP contribution in [0.5, 0.6) is 0 Å². The van der Waals surface area contributed by atoms with Crippen LogP contribution in [0, 0.1) is 5.92 Å². The van der Waals surface area contributed by atoms with Gasteiger partial charge in [-0.05, 0) is 55.0 Å². The summed E-state index contributed by atoms with van der Waals surface area (Å²) in [4.78, 5) is 24.5. The first-order valence-electron chi connectivity index (χ1n) is 9.73. The van der Waals surface area contributed by atoms with Gasteiger partial charge in [0.1, 0.15) is 4.21 Å². The molecule has 1 aromatic carbocycles. The number of hydrogen-bond acceptors (Lipinski definition) is 5. The van der Waals surface area contributed by atoms with Gasteiger partial charge in [-0.3, -0.25) is 9.59 Å². The number of anilines is 1. The van der Waals surface area contributed by atoms with Crippen molar-refractivity contribution in [2.24, 2.45) is 5.92 Å². The molecule has 0 aliphatic carbocycles. The van der Waals surface area contributed by atoms with Crippen LogP contribution in [0.2, 0.25) is 5.02 Å². The monoisotopic (exact) mass is 469 g/mol. The molecule has 7 nitrogen and oxygen atoms in total. The molecule has 2 heterocycles. The molecule has 0 bridgehead atoms. The third-order valence-electron chi connectivity index (χ3n) is 4.85. The Labute approximate surface area is 185 Å². The van der Waals surface area contributed by atoms with Crippen molar-refractivity contribution < 1.29 is 18.0 Å². The third-order valence-corrected chi connectivity index (χ3v) is 8.34. The molecule has 1 aliphatic heterocycles. The number of nitrogens with one attached hydrogen (secondary N) is 2. The number of benzene rings is 1. The van der Waals surface area contributed by atoms with Crippen molar-refractivity contribution in [3.63, 3.8) is 0 Å². The predicted octanol–water partition coefficient (Wildman–Crippen LogP) is 3.34. The van der Waals surface area contributed by atoms with Crippen molar-refractivity contribution in [2.45, 2.75) is 29.9 Å². The summed E-state index contributed by atoms with van der Waals surface area (Å²) in [7, 11) is -3.54. The summed E-state index contributed by atoms with van der Waals surface area (Å²) in [6.45, 7) is 0.971. The first-order valence-corrected chi connectivity index (χ1v) is 12.4. The summed E-state index contributed by atoms with van der Waals surface area (Å²) < 4.78 is 27.0. The SMILES string of the molecule is O=C(CCCNC(=O)C1CCCN(S(=O)(=O)c2cccs2)C1)Nc1ccc(Cl)cc1. The van der Waals surface area contributed by atoms with E-state index >= 15 is 0 Å². The van der Waals surface area contributed by atoms with Gasteiger partial charge in [0, 0.05) is 36.8 Å². The van der Waals surface area contributed by atoms with Crippen molar-refractivity contribution in [1.82, 2.24) is 9.62 Å². The van der Waals surface area contributed by atoms with E-state index < -0.39 is 10.0 Å². The number of carbonyl (C=O) groups is 2. The van der Waals surface area contributed by atoms with Crippen LogP contribution in [0.25, 0.3) is 0 Å². The molecule has 0 spiro atoms. The zero-order chi connectivity index (χ0) is 21.6. The summed E-state index contributed by atoms with van der Waals surface area (Å²) in [6.07, 6.45) is 2.06. The lowest BCUT2D eigenvalue weighted by Gasteiger charge is -2.30. The first-order chi connectivity index (χ1) is 14.4. The molecule has 1 unspecified atom stereocenters. The number of piperidine rings is 1. The van der Waals surface area contributed by atoms with E-state index in [1.165, 1.54) is 15.6 Å². The van der Waals surface area contributed by atoms with Gasteiger partial charge < -0.3 is 10.6 Å². The molecule has 1 atom stereocenters. The number of hydrogen-bond donors (Lipinski definition) is 2. The second-order valence-corrected chi connectivity index (χ2v) is 10.6. The van der Waals surface area contributed by atoms with Gasteiger partial charge >= 0.3 is 0 Å². The van der Waals surface area contributed by atoms with Crippen LogP contribution in [0.4, 0.5) is 5.69 Å². The normalized spacial score (nSPS) is 17.4. The van der Waals surface area contributed by atoms with Crippen LogP contribution in [0.1, 0.15) is 25.7 Å².